The van der Waals surface area contributed by atoms with Gasteiger partial charge in [0.25, 0.3) is 5.56 Å². The maximum Gasteiger partial charge on any atom is 0.275 e. The van der Waals surface area contributed by atoms with E-state index < -0.39 is 0 Å². The van der Waals surface area contributed by atoms with Crippen molar-refractivity contribution in [2.24, 2.45) is 0 Å². The number of aromatic nitrogens is 3. The third-order valence-corrected chi connectivity index (χ3v) is 5.42. The molecule has 0 bridgehead atoms. The molecule has 1 aliphatic rings. The molecule has 4 rings (SSSR count). The maximum atomic E-state index is 12.2. The van der Waals surface area contributed by atoms with Crippen LogP contribution in [0.15, 0.2) is 35.1 Å². The van der Waals surface area contributed by atoms with E-state index in [9.17, 15) is 9.59 Å². The number of benzene rings is 1. The Morgan fingerprint density at radius 3 is 2.88 bits per heavy atom. The molecule has 1 amide bonds. The first kappa shape index (κ1) is 16.7. The van der Waals surface area contributed by atoms with Crippen molar-refractivity contribution in [3.63, 3.8) is 0 Å². The van der Waals surface area contributed by atoms with Gasteiger partial charge < -0.3 is 10.2 Å². The highest BCUT2D eigenvalue weighted by molar-refractivity contribution is 7.16. The summed E-state index contributed by atoms with van der Waals surface area (Å²) in [6.45, 7) is 3.15. The smallest absolute Gasteiger partial charge is 0.275 e. The number of para-hydroxylation sites is 2. The van der Waals surface area contributed by atoms with Crippen LogP contribution in [0.2, 0.25) is 0 Å². The largest absolute Gasteiger partial charge is 0.378 e. The molecule has 0 spiro atoms. The van der Waals surface area contributed by atoms with Crippen LogP contribution in [0.3, 0.4) is 0 Å². The Hall–Kier alpha value is -2.74. The summed E-state index contributed by atoms with van der Waals surface area (Å²) in [6.07, 6.45) is 2.25. The van der Waals surface area contributed by atoms with E-state index in [4.69, 9.17) is 0 Å². The lowest BCUT2D eigenvalue weighted by Crippen LogP contribution is -2.25. The number of rotatable bonds is 5. The van der Waals surface area contributed by atoms with Gasteiger partial charge in [-0.2, -0.15) is 9.61 Å². The summed E-state index contributed by atoms with van der Waals surface area (Å²) < 4.78 is 1.35. The number of nitrogens with zero attached hydrogens (tertiary/aromatic N) is 4. The summed E-state index contributed by atoms with van der Waals surface area (Å²) in [6, 6.07) is 9.23. The van der Waals surface area contributed by atoms with Crippen molar-refractivity contribution in [2.75, 3.05) is 16.8 Å². The minimum atomic E-state index is -0.175. The van der Waals surface area contributed by atoms with Crippen LogP contribution in [-0.2, 0) is 17.8 Å². The summed E-state index contributed by atoms with van der Waals surface area (Å²) in [5.41, 5.74) is 2.22. The van der Waals surface area contributed by atoms with Crippen LogP contribution in [0, 0.1) is 0 Å². The van der Waals surface area contributed by atoms with E-state index in [0.717, 1.165) is 35.8 Å². The predicted octanol–water partition coefficient (Wildman–Crippen LogP) is 2.45. The lowest BCUT2D eigenvalue weighted by molar-refractivity contribution is -0.117. The number of anilines is 2. The first-order valence-electron chi connectivity index (χ1n) is 8.67. The van der Waals surface area contributed by atoms with Gasteiger partial charge in [0.15, 0.2) is 0 Å². The number of carbonyl (C=O) groups excluding carboxylic acids is 1. The van der Waals surface area contributed by atoms with E-state index >= 15 is 0 Å². The van der Waals surface area contributed by atoms with E-state index in [0.29, 0.717) is 23.6 Å². The second-order valence-electron chi connectivity index (χ2n) is 6.15. The lowest BCUT2D eigenvalue weighted by Gasteiger charge is -2.20. The molecule has 0 aliphatic carbocycles. The van der Waals surface area contributed by atoms with Crippen LogP contribution in [0.1, 0.15) is 30.5 Å². The predicted molar refractivity (Wildman–Crippen MR) is 102 cm³/mol. The Labute approximate surface area is 154 Å². The third-order valence-electron chi connectivity index (χ3n) is 4.37. The Bertz CT molecular complexity index is 1030. The molecule has 1 aliphatic heterocycles. The van der Waals surface area contributed by atoms with Gasteiger partial charge in [-0.25, -0.2) is 4.98 Å². The first-order chi connectivity index (χ1) is 12.7. The zero-order valence-corrected chi connectivity index (χ0v) is 15.3. The molecule has 0 unspecified atom stereocenters. The molecule has 1 fully saturated rings. The molecule has 2 aromatic heterocycles. The molecule has 1 aromatic carbocycles. The Morgan fingerprint density at radius 1 is 1.27 bits per heavy atom. The van der Waals surface area contributed by atoms with Gasteiger partial charge in [-0.15, -0.1) is 0 Å². The minimum absolute atomic E-state index is 0.147. The lowest BCUT2D eigenvalue weighted by atomic mass is 10.2. The molecule has 3 aromatic rings. The fraction of sp³-hybridized carbons (Fsp3) is 0.333. The monoisotopic (exact) mass is 369 g/mol. The van der Waals surface area contributed by atoms with E-state index in [-0.39, 0.29) is 11.5 Å². The fourth-order valence-corrected chi connectivity index (χ4v) is 3.93. The highest BCUT2D eigenvalue weighted by atomic mass is 32.1. The standard InChI is InChI=1S/C18H19N5O2S/c1-2-15-21-23-17(25)10-12(20-18(23)26-15)11-19-13-6-3-4-7-14(13)22-9-5-8-16(22)24/h3-4,6-7,10,19H,2,5,8-9,11H2,1H3. The van der Waals surface area contributed by atoms with E-state index in [1.54, 1.807) is 0 Å². The second kappa shape index (κ2) is 6.87. The number of aryl methyl sites for hydroxylation is 1. The average molecular weight is 369 g/mol. The molecule has 8 heteroatoms. The van der Waals surface area contributed by atoms with Crippen molar-refractivity contribution >= 4 is 33.6 Å². The summed E-state index contributed by atoms with van der Waals surface area (Å²) in [4.78, 5) is 31.3. The normalized spacial score (nSPS) is 14.3. The summed E-state index contributed by atoms with van der Waals surface area (Å²) in [7, 11) is 0. The number of nitrogens with one attached hydrogen (secondary N) is 1. The van der Waals surface area contributed by atoms with Gasteiger partial charge in [0, 0.05) is 19.0 Å². The molecular weight excluding hydrogens is 350 g/mol. The SMILES string of the molecule is CCc1nn2c(=O)cc(CNc3ccccc3N3CCCC3=O)nc2s1. The van der Waals surface area contributed by atoms with Crippen molar-refractivity contribution in [2.45, 2.75) is 32.7 Å². The number of fused-ring (bicyclic) bond motifs is 1. The van der Waals surface area contributed by atoms with Gasteiger partial charge in [-0.05, 0) is 25.0 Å². The van der Waals surface area contributed by atoms with E-state index in [1.807, 2.05) is 36.1 Å². The maximum absolute atomic E-state index is 12.2. The first-order valence-corrected chi connectivity index (χ1v) is 9.49. The molecule has 0 radical (unpaired) electrons. The Balaban J connectivity index is 1.59. The van der Waals surface area contributed by atoms with Crippen LogP contribution in [-0.4, -0.2) is 27.0 Å². The topological polar surface area (TPSA) is 79.6 Å². The molecule has 1 N–H and O–H groups in total. The Morgan fingerprint density at radius 2 is 2.12 bits per heavy atom. The van der Waals surface area contributed by atoms with Gasteiger partial charge in [-0.3, -0.25) is 9.59 Å². The van der Waals surface area contributed by atoms with Crippen molar-refractivity contribution in [1.82, 2.24) is 14.6 Å². The van der Waals surface area contributed by atoms with Gasteiger partial charge in [-0.1, -0.05) is 30.4 Å². The molecule has 3 heterocycles. The van der Waals surface area contributed by atoms with Gasteiger partial charge in [0.2, 0.25) is 10.9 Å². The summed E-state index contributed by atoms with van der Waals surface area (Å²) in [5, 5.41) is 8.47. The highest BCUT2D eigenvalue weighted by Gasteiger charge is 2.23. The second-order valence-corrected chi connectivity index (χ2v) is 7.19. The minimum Gasteiger partial charge on any atom is -0.378 e. The van der Waals surface area contributed by atoms with Crippen molar-refractivity contribution < 1.29 is 4.79 Å². The van der Waals surface area contributed by atoms with Gasteiger partial charge in [0.1, 0.15) is 5.01 Å². The molecule has 0 saturated carbocycles. The van der Waals surface area contributed by atoms with Crippen LogP contribution >= 0.6 is 11.3 Å². The summed E-state index contributed by atoms with van der Waals surface area (Å²) >= 11 is 1.43. The third kappa shape index (κ3) is 3.08. The Kier molecular flexibility index (Phi) is 4.42. The number of hydrogen-bond donors (Lipinski definition) is 1. The van der Waals surface area contributed by atoms with E-state index in [2.05, 4.69) is 15.4 Å². The van der Waals surface area contributed by atoms with Crippen LogP contribution < -0.4 is 15.8 Å². The molecule has 7 nitrogen and oxygen atoms in total. The molecular formula is C18H19N5O2S. The number of hydrogen-bond acceptors (Lipinski definition) is 6. The van der Waals surface area contributed by atoms with E-state index in [1.165, 1.54) is 21.9 Å². The van der Waals surface area contributed by atoms with Crippen LogP contribution in [0.5, 0.6) is 0 Å². The fourth-order valence-electron chi connectivity index (χ4n) is 3.08. The zero-order valence-electron chi connectivity index (χ0n) is 14.4. The zero-order chi connectivity index (χ0) is 18.1. The van der Waals surface area contributed by atoms with Crippen LogP contribution in [0.25, 0.3) is 4.96 Å². The number of amides is 1. The quantitative estimate of drug-likeness (QED) is 0.747. The van der Waals surface area contributed by atoms with Gasteiger partial charge >= 0.3 is 0 Å². The van der Waals surface area contributed by atoms with Gasteiger partial charge in [0.05, 0.1) is 23.6 Å². The van der Waals surface area contributed by atoms with Crippen molar-refractivity contribution in [1.29, 1.82) is 0 Å². The molecule has 134 valence electrons. The number of carbonyl (C=O) groups is 1. The average Bonchev–Trinajstić information content (AvgIpc) is 3.26. The van der Waals surface area contributed by atoms with Crippen molar-refractivity contribution in [3.8, 4) is 0 Å². The molecule has 26 heavy (non-hydrogen) atoms. The summed E-state index contributed by atoms with van der Waals surface area (Å²) in [5.74, 6) is 0.147. The van der Waals surface area contributed by atoms with Crippen molar-refractivity contribution in [3.05, 3.63) is 51.4 Å². The molecule has 1 saturated heterocycles. The molecule has 0 atom stereocenters. The van der Waals surface area contributed by atoms with Crippen LogP contribution in [0.4, 0.5) is 11.4 Å². The highest BCUT2D eigenvalue weighted by Crippen LogP contribution is 2.29.